The van der Waals surface area contributed by atoms with Gasteiger partial charge in [0.05, 0.1) is 7.11 Å². The molecule has 0 bridgehead atoms. The third kappa shape index (κ3) is 5.67. The lowest BCUT2D eigenvalue weighted by Crippen LogP contribution is -2.48. The highest BCUT2D eigenvalue weighted by molar-refractivity contribution is 5.68. The number of ether oxygens (including phenoxy) is 2. The van der Waals surface area contributed by atoms with E-state index in [9.17, 15) is 4.79 Å². The third-order valence-corrected chi connectivity index (χ3v) is 3.53. The summed E-state index contributed by atoms with van der Waals surface area (Å²) in [7, 11) is 1.59. The summed E-state index contributed by atoms with van der Waals surface area (Å²) < 4.78 is 10.6. The molecule has 1 aliphatic heterocycles. The van der Waals surface area contributed by atoms with Gasteiger partial charge in [0.2, 0.25) is 5.88 Å². The number of likely N-dealkylation sites (tertiary alicyclic amines) is 1. The lowest BCUT2D eigenvalue weighted by atomic mass is 10.1. The van der Waals surface area contributed by atoms with E-state index in [1.807, 2.05) is 20.8 Å². The fourth-order valence-electron chi connectivity index (χ4n) is 2.64. The van der Waals surface area contributed by atoms with Gasteiger partial charge < -0.3 is 14.8 Å². The number of hydrogen-bond acceptors (Lipinski definition) is 6. The minimum Gasteiger partial charge on any atom is -0.480 e. The van der Waals surface area contributed by atoms with Crippen molar-refractivity contribution in [2.45, 2.75) is 51.8 Å². The molecule has 1 atom stereocenters. The molecule has 0 aliphatic carbocycles. The number of nitrogens with zero attached hydrogens (tertiary/aromatic N) is 3. The van der Waals surface area contributed by atoms with Gasteiger partial charge in [0.1, 0.15) is 11.3 Å². The summed E-state index contributed by atoms with van der Waals surface area (Å²) >= 11 is 0. The van der Waals surface area contributed by atoms with Crippen LogP contribution in [0.25, 0.3) is 0 Å². The molecule has 1 fully saturated rings. The summed E-state index contributed by atoms with van der Waals surface area (Å²) in [6.45, 7) is 7.97. The molecule has 1 aromatic heterocycles. The Hall–Kier alpha value is -1.89. The van der Waals surface area contributed by atoms with Crippen LogP contribution >= 0.6 is 0 Å². The maximum Gasteiger partial charge on any atom is 0.407 e. The van der Waals surface area contributed by atoms with Crippen molar-refractivity contribution in [1.29, 1.82) is 0 Å². The monoisotopic (exact) mass is 322 g/mol. The Labute approximate surface area is 137 Å². The number of aromatic nitrogens is 2. The standard InChI is InChI=1S/C16H26N4O3/c1-16(2,3)23-15(21)19-12-6-5-9-20(10-12)11-13-14(22-4)18-8-7-17-13/h7-8,12H,5-6,9-11H2,1-4H3,(H,19,21)/t12-/m0/s1. The van der Waals surface area contributed by atoms with E-state index in [4.69, 9.17) is 9.47 Å². The Balaban J connectivity index is 1.89. The van der Waals surface area contributed by atoms with Gasteiger partial charge in [-0.25, -0.2) is 9.78 Å². The number of carbonyl (C=O) groups excluding carboxylic acids is 1. The topological polar surface area (TPSA) is 76.6 Å². The van der Waals surface area contributed by atoms with E-state index in [1.54, 1.807) is 19.5 Å². The summed E-state index contributed by atoms with van der Waals surface area (Å²) in [4.78, 5) is 22.7. The molecule has 1 amide bonds. The quantitative estimate of drug-likeness (QED) is 0.913. The zero-order valence-electron chi connectivity index (χ0n) is 14.3. The average molecular weight is 322 g/mol. The van der Waals surface area contributed by atoms with Gasteiger partial charge in [-0.05, 0) is 40.2 Å². The second-order valence-electron chi connectivity index (χ2n) is 6.73. The van der Waals surface area contributed by atoms with Crippen LogP contribution in [0, 0.1) is 0 Å². The first-order valence-corrected chi connectivity index (χ1v) is 7.93. The maximum atomic E-state index is 11.9. The Morgan fingerprint density at radius 2 is 2.13 bits per heavy atom. The van der Waals surface area contributed by atoms with Crippen molar-refractivity contribution in [2.75, 3.05) is 20.2 Å². The van der Waals surface area contributed by atoms with Crippen molar-refractivity contribution in [2.24, 2.45) is 0 Å². The Morgan fingerprint density at radius 1 is 1.39 bits per heavy atom. The molecule has 7 heteroatoms. The third-order valence-electron chi connectivity index (χ3n) is 3.53. The Bertz CT molecular complexity index is 530. The van der Waals surface area contributed by atoms with Crippen LogP contribution in [-0.4, -0.2) is 52.8 Å². The number of rotatable bonds is 4. The van der Waals surface area contributed by atoms with Crippen LogP contribution < -0.4 is 10.1 Å². The minimum absolute atomic E-state index is 0.0845. The lowest BCUT2D eigenvalue weighted by Gasteiger charge is -2.33. The minimum atomic E-state index is -0.481. The predicted molar refractivity (Wildman–Crippen MR) is 86.3 cm³/mol. The van der Waals surface area contributed by atoms with E-state index < -0.39 is 5.60 Å². The predicted octanol–water partition coefficient (Wildman–Crippen LogP) is 1.97. The summed E-state index contributed by atoms with van der Waals surface area (Å²) in [5, 5.41) is 2.95. The zero-order valence-corrected chi connectivity index (χ0v) is 14.3. The number of carbonyl (C=O) groups is 1. The molecule has 0 radical (unpaired) electrons. The lowest BCUT2D eigenvalue weighted by molar-refractivity contribution is 0.0469. The number of piperidine rings is 1. The van der Waals surface area contributed by atoms with Crippen molar-refractivity contribution in [3.63, 3.8) is 0 Å². The summed E-state index contributed by atoms with van der Waals surface area (Å²) in [5.74, 6) is 0.551. The number of methoxy groups -OCH3 is 1. The van der Waals surface area contributed by atoms with E-state index in [1.165, 1.54) is 0 Å². The number of amides is 1. The molecule has 1 aliphatic rings. The molecule has 7 nitrogen and oxygen atoms in total. The second kappa shape index (κ2) is 7.59. The molecular formula is C16H26N4O3. The van der Waals surface area contributed by atoms with E-state index in [2.05, 4.69) is 20.2 Å². The molecule has 0 spiro atoms. The van der Waals surface area contributed by atoms with Crippen LogP contribution in [-0.2, 0) is 11.3 Å². The molecule has 0 saturated carbocycles. The summed E-state index contributed by atoms with van der Waals surface area (Å²) in [5.41, 5.74) is 0.332. The van der Waals surface area contributed by atoms with Crippen LogP contribution in [0.5, 0.6) is 5.88 Å². The van der Waals surface area contributed by atoms with Gasteiger partial charge in [0.25, 0.3) is 0 Å². The van der Waals surface area contributed by atoms with Crippen molar-refractivity contribution in [3.05, 3.63) is 18.1 Å². The highest BCUT2D eigenvalue weighted by atomic mass is 16.6. The molecule has 2 rings (SSSR count). The number of nitrogens with one attached hydrogen (secondary N) is 1. The van der Waals surface area contributed by atoms with Crippen molar-refractivity contribution in [3.8, 4) is 5.88 Å². The Kier molecular flexibility index (Phi) is 5.76. The summed E-state index contributed by atoms with van der Waals surface area (Å²) in [6.07, 6.45) is 4.89. The highest BCUT2D eigenvalue weighted by Gasteiger charge is 2.25. The van der Waals surface area contributed by atoms with Gasteiger partial charge in [-0.1, -0.05) is 0 Å². The first kappa shape index (κ1) is 17.5. The van der Waals surface area contributed by atoms with E-state index >= 15 is 0 Å². The van der Waals surface area contributed by atoms with Gasteiger partial charge in [-0.2, -0.15) is 0 Å². The van der Waals surface area contributed by atoms with Crippen LogP contribution in [0.3, 0.4) is 0 Å². The van der Waals surface area contributed by atoms with Gasteiger partial charge in [-0.3, -0.25) is 9.88 Å². The molecule has 2 heterocycles. The maximum absolute atomic E-state index is 11.9. The molecule has 0 unspecified atom stereocenters. The molecule has 1 saturated heterocycles. The molecule has 0 aromatic carbocycles. The van der Waals surface area contributed by atoms with E-state index in [0.717, 1.165) is 31.6 Å². The highest BCUT2D eigenvalue weighted by Crippen LogP contribution is 2.18. The van der Waals surface area contributed by atoms with Crippen molar-refractivity contribution >= 4 is 6.09 Å². The first-order valence-electron chi connectivity index (χ1n) is 7.93. The van der Waals surface area contributed by atoms with Crippen LogP contribution in [0.2, 0.25) is 0 Å². The molecule has 128 valence electrons. The van der Waals surface area contributed by atoms with Crippen LogP contribution in [0.15, 0.2) is 12.4 Å². The van der Waals surface area contributed by atoms with Gasteiger partial charge in [0, 0.05) is 31.5 Å². The van der Waals surface area contributed by atoms with E-state index in [-0.39, 0.29) is 12.1 Å². The smallest absolute Gasteiger partial charge is 0.407 e. The largest absolute Gasteiger partial charge is 0.480 e. The number of alkyl carbamates (subject to hydrolysis) is 1. The van der Waals surface area contributed by atoms with Crippen molar-refractivity contribution < 1.29 is 14.3 Å². The van der Waals surface area contributed by atoms with Crippen LogP contribution in [0.1, 0.15) is 39.3 Å². The van der Waals surface area contributed by atoms with Crippen molar-refractivity contribution in [1.82, 2.24) is 20.2 Å². The van der Waals surface area contributed by atoms with Gasteiger partial charge in [-0.15, -0.1) is 0 Å². The molecule has 1 aromatic rings. The fourth-order valence-corrected chi connectivity index (χ4v) is 2.64. The molecule has 23 heavy (non-hydrogen) atoms. The second-order valence-corrected chi connectivity index (χ2v) is 6.73. The summed E-state index contributed by atoms with van der Waals surface area (Å²) in [6, 6.07) is 0.0845. The Morgan fingerprint density at radius 3 is 2.83 bits per heavy atom. The molecular weight excluding hydrogens is 296 g/mol. The zero-order chi connectivity index (χ0) is 16.9. The molecule has 1 N–H and O–H groups in total. The van der Waals surface area contributed by atoms with Gasteiger partial charge in [0.15, 0.2) is 0 Å². The average Bonchev–Trinajstić information content (AvgIpc) is 2.46. The van der Waals surface area contributed by atoms with Gasteiger partial charge >= 0.3 is 6.09 Å². The van der Waals surface area contributed by atoms with E-state index in [0.29, 0.717) is 12.4 Å². The first-order chi connectivity index (χ1) is 10.9. The normalized spacial score (nSPS) is 19.2. The number of hydrogen-bond donors (Lipinski definition) is 1. The fraction of sp³-hybridized carbons (Fsp3) is 0.688. The SMILES string of the molecule is COc1nccnc1CN1CCC[C@H](NC(=O)OC(C)(C)C)C1. The van der Waals surface area contributed by atoms with Crippen LogP contribution in [0.4, 0.5) is 4.79 Å².